The number of rotatable bonds is 4. The molecule has 0 aromatic carbocycles. The number of aliphatic hydroxyl groups excluding tert-OH is 1. The number of thiazole rings is 1. The summed E-state index contributed by atoms with van der Waals surface area (Å²) in [6, 6.07) is 0.145. The lowest BCUT2D eigenvalue weighted by molar-refractivity contribution is 0.250. The number of hydrogen-bond donors (Lipinski definition) is 2. The maximum Gasteiger partial charge on any atom is 0.0897 e. The summed E-state index contributed by atoms with van der Waals surface area (Å²) in [5, 5.41) is 15.0. The fourth-order valence-electron chi connectivity index (χ4n) is 0.833. The Kier molecular flexibility index (Phi) is 3.65. The van der Waals surface area contributed by atoms with Crippen LogP contribution in [0.2, 0.25) is 0 Å². The van der Waals surface area contributed by atoms with Crippen LogP contribution in [-0.2, 0) is 6.54 Å². The molecular formula is C8H14N2OS. The first kappa shape index (κ1) is 9.64. The van der Waals surface area contributed by atoms with Crippen LogP contribution >= 0.6 is 11.3 Å². The second kappa shape index (κ2) is 4.54. The number of nitrogens with one attached hydrogen (secondary N) is 1. The Balaban J connectivity index is 2.33. The molecule has 0 unspecified atom stereocenters. The predicted molar refractivity (Wildman–Crippen MR) is 50.2 cm³/mol. The quantitative estimate of drug-likeness (QED) is 0.735. The van der Waals surface area contributed by atoms with Crippen molar-refractivity contribution in [3.63, 3.8) is 0 Å². The van der Waals surface area contributed by atoms with Crippen molar-refractivity contribution in [3.05, 3.63) is 16.1 Å². The number of aliphatic hydroxyl groups is 1. The summed E-state index contributed by atoms with van der Waals surface area (Å²) < 4.78 is 0. The summed E-state index contributed by atoms with van der Waals surface area (Å²) in [4.78, 5) is 4.29. The molecule has 3 nitrogen and oxygen atoms in total. The topological polar surface area (TPSA) is 45.2 Å². The molecule has 0 fully saturated rings. The molecule has 0 spiro atoms. The molecule has 12 heavy (non-hydrogen) atoms. The molecule has 0 radical (unpaired) electrons. The van der Waals surface area contributed by atoms with Crippen LogP contribution in [-0.4, -0.2) is 22.7 Å². The summed E-state index contributed by atoms with van der Waals surface area (Å²) in [5.41, 5.74) is 1.05. The first-order valence-electron chi connectivity index (χ1n) is 3.97. The highest BCUT2D eigenvalue weighted by molar-refractivity contribution is 7.09. The fraction of sp³-hybridized carbons (Fsp3) is 0.625. The first-order valence-corrected chi connectivity index (χ1v) is 4.85. The van der Waals surface area contributed by atoms with Gasteiger partial charge in [-0.05, 0) is 13.8 Å². The van der Waals surface area contributed by atoms with Crippen molar-refractivity contribution in [3.8, 4) is 0 Å². The normalized spacial score (nSPS) is 13.2. The smallest absolute Gasteiger partial charge is 0.0897 e. The zero-order valence-corrected chi connectivity index (χ0v) is 8.19. The van der Waals surface area contributed by atoms with Crippen LogP contribution in [0.25, 0.3) is 0 Å². The van der Waals surface area contributed by atoms with Gasteiger partial charge >= 0.3 is 0 Å². The number of aryl methyl sites for hydroxylation is 1. The molecule has 0 aliphatic rings. The van der Waals surface area contributed by atoms with Crippen LogP contribution in [0.4, 0.5) is 0 Å². The Morgan fingerprint density at radius 3 is 3.00 bits per heavy atom. The number of hydrogen-bond acceptors (Lipinski definition) is 4. The number of nitrogens with zero attached hydrogens (tertiary/aromatic N) is 1. The average Bonchev–Trinajstić information content (AvgIpc) is 2.47. The molecule has 0 saturated heterocycles. The zero-order valence-electron chi connectivity index (χ0n) is 7.37. The van der Waals surface area contributed by atoms with Crippen LogP contribution in [0, 0.1) is 6.92 Å². The number of aromatic nitrogens is 1. The van der Waals surface area contributed by atoms with Gasteiger partial charge in [0.1, 0.15) is 0 Å². The van der Waals surface area contributed by atoms with E-state index in [9.17, 15) is 0 Å². The van der Waals surface area contributed by atoms with Crippen molar-refractivity contribution in [1.29, 1.82) is 0 Å². The van der Waals surface area contributed by atoms with Crippen LogP contribution in [0.5, 0.6) is 0 Å². The molecule has 1 heterocycles. The van der Waals surface area contributed by atoms with E-state index in [4.69, 9.17) is 5.11 Å². The van der Waals surface area contributed by atoms with Gasteiger partial charge < -0.3 is 10.4 Å². The van der Waals surface area contributed by atoms with E-state index < -0.39 is 0 Å². The molecule has 0 aliphatic carbocycles. The highest BCUT2D eigenvalue weighted by Crippen LogP contribution is 2.07. The van der Waals surface area contributed by atoms with Gasteiger partial charge in [-0.2, -0.15) is 0 Å². The van der Waals surface area contributed by atoms with Crippen molar-refractivity contribution in [1.82, 2.24) is 10.3 Å². The third-order valence-corrected chi connectivity index (χ3v) is 2.39. The highest BCUT2D eigenvalue weighted by Gasteiger charge is 2.00. The molecule has 68 valence electrons. The minimum atomic E-state index is 0.145. The lowest BCUT2D eigenvalue weighted by Gasteiger charge is -2.07. The molecule has 1 aromatic rings. The van der Waals surface area contributed by atoms with Gasteiger partial charge in [0.2, 0.25) is 0 Å². The van der Waals surface area contributed by atoms with E-state index in [1.54, 1.807) is 11.3 Å². The fourth-order valence-corrected chi connectivity index (χ4v) is 1.45. The van der Waals surface area contributed by atoms with E-state index in [1.807, 2.05) is 19.2 Å². The summed E-state index contributed by atoms with van der Waals surface area (Å²) >= 11 is 1.65. The Morgan fingerprint density at radius 2 is 2.50 bits per heavy atom. The predicted octanol–water partition coefficient (Wildman–Crippen LogP) is 0.922. The van der Waals surface area contributed by atoms with E-state index >= 15 is 0 Å². The van der Waals surface area contributed by atoms with Crippen LogP contribution in [0.1, 0.15) is 17.6 Å². The van der Waals surface area contributed by atoms with E-state index in [0.717, 1.165) is 17.2 Å². The van der Waals surface area contributed by atoms with E-state index in [1.165, 1.54) is 0 Å². The molecule has 4 heteroatoms. The third kappa shape index (κ3) is 2.89. The molecule has 0 amide bonds. The van der Waals surface area contributed by atoms with Crippen LogP contribution in [0.3, 0.4) is 0 Å². The van der Waals surface area contributed by atoms with Gasteiger partial charge in [-0.3, -0.25) is 0 Å². The Morgan fingerprint density at radius 1 is 1.75 bits per heavy atom. The van der Waals surface area contributed by atoms with Gasteiger partial charge in [-0.15, -0.1) is 11.3 Å². The third-order valence-electron chi connectivity index (χ3n) is 1.57. The van der Waals surface area contributed by atoms with Crippen molar-refractivity contribution >= 4 is 11.3 Å². The van der Waals surface area contributed by atoms with Crippen LogP contribution in [0.15, 0.2) is 5.38 Å². The zero-order chi connectivity index (χ0) is 8.97. The molecular weight excluding hydrogens is 172 g/mol. The van der Waals surface area contributed by atoms with Gasteiger partial charge in [0.05, 0.1) is 17.3 Å². The Bertz CT molecular complexity index is 237. The van der Waals surface area contributed by atoms with Gasteiger partial charge in [-0.1, -0.05) is 0 Å². The molecule has 0 aliphatic heterocycles. The molecule has 2 N–H and O–H groups in total. The van der Waals surface area contributed by atoms with Gasteiger partial charge in [0, 0.05) is 18.0 Å². The lowest BCUT2D eigenvalue weighted by atomic mass is 10.3. The monoisotopic (exact) mass is 186 g/mol. The van der Waals surface area contributed by atoms with Crippen molar-refractivity contribution in [2.45, 2.75) is 26.4 Å². The molecule has 1 rings (SSSR count). The minimum Gasteiger partial charge on any atom is -0.395 e. The molecule has 0 saturated carbocycles. The summed E-state index contributed by atoms with van der Waals surface area (Å²) in [5.74, 6) is 0. The lowest BCUT2D eigenvalue weighted by Crippen LogP contribution is -2.28. The van der Waals surface area contributed by atoms with Crippen molar-refractivity contribution in [2.75, 3.05) is 6.61 Å². The molecule has 1 atom stereocenters. The SMILES string of the molecule is Cc1nc(CN[C@@H](C)CO)cs1. The largest absolute Gasteiger partial charge is 0.395 e. The maximum atomic E-state index is 8.74. The van der Waals surface area contributed by atoms with E-state index in [0.29, 0.717) is 0 Å². The van der Waals surface area contributed by atoms with E-state index in [-0.39, 0.29) is 12.6 Å². The highest BCUT2D eigenvalue weighted by atomic mass is 32.1. The summed E-state index contributed by atoms with van der Waals surface area (Å²) in [7, 11) is 0. The Labute approximate surface area is 76.5 Å². The van der Waals surface area contributed by atoms with Gasteiger partial charge in [0.15, 0.2) is 0 Å². The summed E-state index contributed by atoms with van der Waals surface area (Å²) in [6.07, 6.45) is 0. The van der Waals surface area contributed by atoms with Crippen molar-refractivity contribution in [2.24, 2.45) is 0 Å². The van der Waals surface area contributed by atoms with Crippen molar-refractivity contribution < 1.29 is 5.11 Å². The average molecular weight is 186 g/mol. The first-order chi connectivity index (χ1) is 5.72. The molecule has 1 aromatic heterocycles. The van der Waals surface area contributed by atoms with Gasteiger partial charge in [-0.25, -0.2) is 4.98 Å². The second-order valence-electron chi connectivity index (χ2n) is 2.82. The minimum absolute atomic E-state index is 0.145. The maximum absolute atomic E-state index is 8.74. The standard InChI is InChI=1S/C8H14N2OS/c1-6(4-11)9-3-8-5-12-7(2)10-8/h5-6,9,11H,3-4H2,1-2H3/t6-/m0/s1. The summed E-state index contributed by atoms with van der Waals surface area (Å²) in [6.45, 7) is 4.85. The molecule has 0 bridgehead atoms. The van der Waals surface area contributed by atoms with Gasteiger partial charge in [0.25, 0.3) is 0 Å². The second-order valence-corrected chi connectivity index (χ2v) is 3.88. The van der Waals surface area contributed by atoms with E-state index in [2.05, 4.69) is 10.3 Å². The Hall–Kier alpha value is -0.450. The van der Waals surface area contributed by atoms with Crippen LogP contribution < -0.4 is 5.32 Å².